The van der Waals surface area contributed by atoms with Crippen LogP contribution in [-0.4, -0.2) is 33.2 Å². The predicted molar refractivity (Wildman–Crippen MR) is 110 cm³/mol. The number of hydrogen-bond acceptors (Lipinski definition) is 4. The lowest BCUT2D eigenvalue weighted by molar-refractivity contribution is -0.111. The van der Waals surface area contributed by atoms with Crippen LogP contribution in [0.25, 0.3) is 6.08 Å². The summed E-state index contributed by atoms with van der Waals surface area (Å²) >= 11 is 0. The summed E-state index contributed by atoms with van der Waals surface area (Å²) < 4.78 is 10.5. The molecule has 5 nitrogen and oxygen atoms in total. The number of rotatable bonds is 6. The lowest BCUT2D eigenvalue weighted by Gasteiger charge is -2.28. The van der Waals surface area contributed by atoms with Gasteiger partial charge in [-0.25, -0.2) is 0 Å². The molecule has 5 heteroatoms. The van der Waals surface area contributed by atoms with E-state index in [9.17, 15) is 4.79 Å². The van der Waals surface area contributed by atoms with Crippen molar-refractivity contribution in [2.75, 3.05) is 37.5 Å². The quantitative estimate of drug-likeness (QED) is 0.773. The van der Waals surface area contributed by atoms with Crippen molar-refractivity contribution in [3.63, 3.8) is 0 Å². The van der Waals surface area contributed by atoms with Crippen LogP contribution in [0.5, 0.6) is 11.5 Å². The Hall–Kier alpha value is -2.95. The minimum Gasteiger partial charge on any atom is -0.497 e. The SMILES string of the molecule is COc1ccc(OC)c(/C=C/C(=O)Nc2ccc(N3CCCCC3)cc2)c1. The molecule has 0 aromatic heterocycles. The maximum atomic E-state index is 12.2. The fourth-order valence-electron chi connectivity index (χ4n) is 3.23. The van der Waals surface area contributed by atoms with E-state index in [0.29, 0.717) is 11.5 Å². The summed E-state index contributed by atoms with van der Waals surface area (Å²) in [6.45, 7) is 2.22. The number of benzene rings is 2. The van der Waals surface area contributed by atoms with Crippen molar-refractivity contribution in [1.29, 1.82) is 0 Å². The van der Waals surface area contributed by atoms with Gasteiger partial charge in [-0.05, 0) is 67.8 Å². The van der Waals surface area contributed by atoms with Gasteiger partial charge in [-0.3, -0.25) is 4.79 Å². The molecule has 1 N–H and O–H groups in total. The summed E-state index contributed by atoms with van der Waals surface area (Å²) in [5.41, 5.74) is 2.78. The summed E-state index contributed by atoms with van der Waals surface area (Å²) in [6, 6.07) is 13.5. The number of anilines is 2. The van der Waals surface area contributed by atoms with Gasteiger partial charge < -0.3 is 19.7 Å². The molecule has 1 heterocycles. The first kappa shape index (κ1) is 18.8. The second-order valence-corrected chi connectivity index (χ2v) is 6.53. The highest BCUT2D eigenvalue weighted by molar-refractivity contribution is 6.02. The third kappa shape index (κ3) is 5.03. The maximum absolute atomic E-state index is 12.2. The molecule has 0 spiro atoms. The lowest BCUT2D eigenvalue weighted by Crippen LogP contribution is -2.29. The molecule has 2 aromatic carbocycles. The van der Waals surface area contributed by atoms with E-state index in [4.69, 9.17) is 9.47 Å². The van der Waals surface area contributed by atoms with Crippen LogP contribution in [0.1, 0.15) is 24.8 Å². The Morgan fingerprint density at radius 2 is 1.74 bits per heavy atom. The van der Waals surface area contributed by atoms with Gasteiger partial charge in [-0.2, -0.15) is 0 Å². The predicted octanol–water partition coefficient (Wildman–Crippen LogP) is 4.35. The molecular weight excluding hydrogens is 340 g/mol. The van der Waals surface area contributed by atoms with Crippen LogP contribution in [0.15, 0.2) is 48.5 Å². The Morgan fingerprint density at radius 1 is 1.00 bits per heavy atom. The summed E-state index contributed by atoms with van der Waals surface area (Å²) in [4.78, 5) is 14.6. The molecular formula is C22H26N2O3. The molecule has 2 aromatic rings. The Balaban J connectivity index is 1.63. The monoisotopic (exact) mass is 366 g/mol. The Kier molecular flexibility index (Phi) is 6.36. The van der Waals surface area contributed by atoms with Crippen LogP contribution >= 0.6 is 0 Å². The van der Waals surface area contributed by atoms with E-state index in [-0.39, 0.29) is 5.91 Å². The number of ether oxygens (including phenoxy) is 2. The van der Waals surface area contributed by atoms with Gasteiger partial charge in [0.1, 0.15) is 11.5 Å². The molecule has 142 valence electrons. The van der Waals surface area contributed by atoms with E-state index < -0.39 is 0 Å². The minimum absolute atomic E-state index is 0.189. The molecule has 1 saturated heterocycles. The Labute approximate surface area is 160 Å². The molecule has 1 aliphatic heterocycles. The molecule has 0 bridgehead atoms. The maximum Gasteiger partial charge on any atom is 0.248 e. The largest absolute Gasteiger partial charge is 0.497 e. The fraction of sp³-hybridized carbons (Fsp3) is 0.318. The van der Waals surface area contributed by atoms with Gasteiger partial charge in [0, 0.05) is 36.1 Å². The third-order valence-electron chi connectivity index (χ3n) is 4.71. The van der Waals surface area contributed by atoms with Gasteiger partial charge in [0.05, 0.1) is 14.2 Å². The topological polar surface area (TPSA) is 50.8 Å². The van der Waals surface area contributed by atoms with Gasteiger partial charge >= 0.3 is 0 Å². The van der Waals surface area contributed by atoms with Crippen molar-refractivity contribution >= 4 is 23.4 Å². The van der Waals surface area contributed by atoms with Crippen LogP contribution in [0.4, 0.5) is 11.4 Å². The summed E-state index contributed by atoms with van der Waals surface area (Å²) in [5.74, 6) is 1.21. The first-order valence-corrected chi connectivity index (χ1v) is 9.26. The van der Waals surface area contributed by atoms with Gasteiger partial charge in [-0.15, -0.1) is 0 Å². The summed E-state index contributed by atoms with van der Waals surface area (Å²) in [6.07, 6.45) is 7.03. The zero-order valence-electron chi connectivity index (χ0n) is 15.9. The normalized spacial score (nSPS) is 14.2. The highest BCUT2D eigenvalue weighted by Gasteiger charge is 2.10. The number of hydrogen-bond donors (Lipinski definition) is 1. The summed E-state index contributed by atoms with van der Waals surface area (Å²) in [5, 5.41) is 2.89. The van der Waals surface area contributed by atoms with Gasteiger partial charge in [0.25, 0.3) is 0 Å². The van der Waals surface area contributed by atoms with Gasteiger partial charge in [-0.1, -0.05) is 0 Å². The van der Waals surface area contributed by atoms with E-state index in [2.05, 4.69) is 22.3 Å². The molecule has 0 atom stereocenters. The van der Waals surface area contributed by atoms with E-state index in [1.54, 1.807) is 20.3 Å². The third-order valence-corrected chi connectivity index (χ3v) is 4.71. The Morgan fingerprint density at radius 3 is 2.41 bits per heavy atom. The lowest BCUT2D eigenvalue weighted by atomic mass is 10.1. The van der Waals surface area contributed by atoms with Crippen LogP contribution in [0, 0.1) is 0 Å². The summed E-state index contributed by atoms with van der Waals surface area (Å²) in [7, 11) is 3.21. The number of carbonyl (C=O) groups excluding carboxylic acids is 1. The second kappa shape index (κ2) is 9.12. The van der Waals surface area contributed by atoms with Crippen molar-refractivity contribution in [3.05, 3.63) is 54.1 Å². The number of piperidine rings is 1. The average Bonchev–Trinajstić information content (AvgIpc) is 2.73. The van der Waals surface area contributed by atoms with Crippen molar-refractivity contribution in [3.8, 4) is 11.5 Å². The van der Waals surface area contributed by atoms with E-state index in [0.717, 1.165) is 24.3 Å². The van der Waals surface area contributed by atoms with Crippen LogP contribution in [0.2, 0.25) is 0 Å². The van der Waals surface area contributed by atoms with E-state index >= 15 is 0 Å². The molecule has 3 rings (SSSR count). The van der Waals surface area contributed by atoms with Crippen molar-refractivity contribution in [2.45, 2.75) is 19.3 Å². The van der Waals surface area contributed by atoms with E-state index in [1.807, 2.05) is 30.3 Å². The molecule has 1 fully saturated rings. The van der Waals surface area contributed by atoms with Gasteiger partial charge in [0.2, 0.25) is 5.91 Å². The van der Waals surface area contributed by atoms with Gasteiger partial charge in [0.15, 0.2) is 0 Å². The zero-order valence-corrected chi connectivity index (χ0v) is 15.9. The number of nitrogens with zero attached hydrogens (tertiary/aromatic N) is 1. The number of methoxy groups -OCH3 is 2. The van der Waals surface area contributed by atoms with Crippen molar-refractivity contribution in [1.82, 2.24) is 0 Å². The van der Waals surface area contributed by atoms with Crippen LogP contribution < -0.4 is 19.7 Å². The number of carbonyl (C=O) groups is 1. The molecule has 0 radical (unpaired) electrons. The second-order valence-electron chi connectivity index (χ2n) is 6.53. The standard InChI is InChI=1S/C22H26N2O3/c1-26-20-11-12-21(27-2)17(16-20)6-13-22(25)23-18-7-9-19(10-8-18)24-14-4-3-5-15-24/h6-13,16H,3-5,14-15H2,1-2H3,(H,23,25)/b13-6+. The Bertz CT molecular complexity index is 794. The fourth-order valence-corrected chi connectivity index (χ4v) is 3.23. The average molecular weight is 366 g/mol. The smallest absolute Gasteiger partial charge is 0.248 e. The molecule has 1 amide bonds. The van der Waals surface area contributed by atoms with Crippen LogP contribution in [-0.2, 0) is 4.79 Å². The minimum atomic E-state index is -0.189. The first-order chi connectivity index (χ1) is 13.2. The molecule has 0 unspecified atom stereocenters. The highest BCUT2D eigenvalue weighted by atomic mass is 16.5. The molecule has 0 aliphatic carbocycles. The highest BCUT2D eigenvalue weighted by Crippen LogP contribution is 2.25. The number of nitrogens with one attached hydrogen (secondary N) is 1. The van der Waals surface area contributed by atoms with Crippen LogP contribution in [0.3, 0.4) is 0 Å². The first-order valence-electron chi connectivity index (χ1n) is 9.26. The molecule has 1 aliphatic rings. The number of amides is 1. The zero-order chi connectivity index (χ0) is 19.1. The van der Waals surface area contributed by atoms with Crippen molar-refractivity contribution < 1.29 is 14.3 Å². The van der Waals surface area contributed by atoms with Crippen molar-refractivity contribution in [2.24, 2.45) is 0 Å². The molecule has 0 saturated carbocycles. The van der Waals surface area contributed by atoms with E-state index in [1.165, 1.54) is 31.0 Å². The molecule has 27 heavy (non-hydrogen) atoms.